The molecule has 1 fully saturated rings. The molecule has 0 aliphatic heterocycles. The van der Waals surface area contributed by atoms with Gasteiger partial charge in [-0.2, -0.15) is 0 Å². The molecule has 3 N–H and O–H groups in total. The molecule has 1 aliphatic rings. The summed E-state index contributed by atoms with van der Waals surface area (Å²) in [6, 6.07) is 13.8. The lowest BCUT2D eigenvalue weighted by Crippen LogP contribution is -2.34. The molecule has 3 amide bonds. The number of hydrogen-bond donors (Lipinski definition) is 3. The summed E-state index contributed by atoms with van der Waals surface area (Å²) in [6.07, 6.45) is 6.78. The Hall–Kier alpha value is -3.15. The van der Waals surface area contributed by atoms with Crippen LogP contribution in [-0.4, -0.2) is 23.8 Å². The van der Waals surface area contributed by atoms with E-state index < -0.39 is 0 Å². The Balaban J connectivity index is 1.62. The second-order valence-corrected chi connectivity index (χ2v) is 7.46. The van der Waals surface area contributed by atoms with Gasteiger partial charge >= 0.3 is 0 Å². The zero-order valence-corrected chi connectivity index (χ0v) is 16.7. The third kappa shape index (κ3) is 6.17. The average Bonchev–Trinajstić information content (AvgIpc) is 2.98. The molecule has 0 heterocycles. The van der Waals surface area contributed by atoms with E-state index in [0.717, 1.165) is 25.7 Å². The van der Waals surface area contributed by atoms with Gasteiger partial charge in [-0.05, 0) is 55.3 Å². The zero-order chi connectivity index (χ0) is 20.6. The predicted molar refractivity (Wildman–Crippen MR) is 114 cm³/mol. The topological polar surface area (TPSA) is 87.3 Å². The van der Waals surface area contributed by atoms with Crippen LogP contribution in [0.1, 0.15) is 66.2 Å². The molecule has 0 unspecified atom stereocenters. The monoisotopic (exact) mass is 393 g/mol. The molecule has 0 saturated heterocycles. The molecule has 0 atom stereocenters. The van der Waals surface area contributed by atoms with Gasteiger partial charge in [-0.15, -0.1) is 0 Å². The van der Waals surface area contributed by atoms with Gasteiger partial charge in [0.05, 0.1) is 0 Å². The fourth-order valence-corrected chi connectivity index (χ4v) is 3.54. The van der Waals surface area contributed by atoms with Gasteiger partial charge in [0.25, 0.3) is 11.8 Å². The highest BCUT2D eigenvalue weighted by atomic mass is 16.2. The molecule has 0 bridgehead atoms. The van der Waals surface area contributed by atoms with Crippen molar-refractivity contribution in [2.75, 3.05) is 10.6 Å². The van der Waals surface area contributed by atoms with Crippen molar-refractivity contribution >= 4 is 29.1 Å². The largest absolute Gasteiger partial charge is 0.349 e. The second kappa shape index (κ2) is 9.87. The highest BCUT2D eigenvalue weighted by Crippen LogP contribution is 2.18. The molecule has 152 valence electrons. The van der Waals surface area contributed by atoms with E-state index in [2.05, 4.69) is 16.0 Å². The van der Waals surface area contributed by atoms with Crippen LogP contribution in [0, 0.1) is 0 Å². The first kappa shape index (κ1) is 20.6. The van der Waals surface area contributed by atoms with E-state index >= 15 is 0 Å². The Morgan fingerprint density at radius 1 is 0.759 bits per heavy atom. The van der Waals surface area contributed by atoms with E-state index in [0.29, 0.717) is 22.5 Å². The van der Waals surface area contributed by atoms with Gasteiger partial charge in [0, 0.05) is 35.5 Å². The summed E-state index contributed by atoms with van der Waals surface area (Å²) in [5, 5.41) is 8.60. The number of rotatable bonds is 5. The first-order valence-corrected chi connectivity index (χ1v) is 10.1. The van der Waals surface area contributed by atoms with E-state index in [9.17, 15) is 14.4 Å². The number of benzene rings is 2. The van der Waals surface area contributed by atoms with Crippen LogP contribution in [0.15, 0.2) is 48.5 Å². The Morgan fingerprint density at radius 3 is 1.90 bits per heavy atom. The van der Waals surface area contributed by atoms with E-state index in [-0.39, 0.29) is 23.8 Å². The Kier molecular flexibility index (Phi) is 7.00. The van der Waals surface area contributed by atoms with Crippen molar-refractivity contribution in [2.45, 2.75) is 51.5 Å². The van der Waals surface area contributed by atoms with Gasteiger partial charge in [0.1, 0.15) is 0 Å². The van der Waals surface area contributed by atoms with Crippen LogP contribution in [0.2, 0.25) is 0 Å². The third-order valence-corrected chi connectivity index (χ3v) is 5.04. The molecule has 1 saturated carbocycles. The van der Waals surface area contributed by atoms with Crippen LogP contribution in [0.25, 0.3) is 0 Å². The van der Waals surface area contributed by atoms with Crippen LogP contribution >= 0.6 is 0 Å². The van der Waals surface area contributed by atoms with Gasteiger partial charge in [-0.3, -0.25) is 14.4 Å². The molecular weight excluding hydrogens is 366 g/mol. The summed E-state index contributed by atoms with van der Waals surface area (Å²) in [4.78, 5) is 36.3. The number of carbonyl (C=O) groups is 3. The quantitative estimate of drug-likeness (QED) is 0.660. The number of hydrogen-bond acceptors (Lipinski definition) is 3. The summed E-state index contributed by atoms with van der Waals surface area (Å²) in [5.41, 5.74) is 2.18. The highest BCUT2D eigenvalue weighted by molar-refractivity contribution is 6.06. The second-order valence-electron chi connectivity index (χ2n) is 7.46. The molecule has 6 nitrogen and oxygen atoms in total. The summed E-state index contributed by atoms with van der Waals surface area (Å²) in [6.45, 7) is 1.44. The van der Waals surface area contributed by atoms with E-state index in [4.69, 9.17) is 0 Å². The van der Waals surface area contributed by atoms with Crippen molar-refractivity contribution in [3.8, 4) is 0 Å². The van der Waals surface area contributed by atoms with Crippen LogP contribution < -0.4 is 16.0 Å². The smallest absolute Gasteiger partial charge is 0.255 e. The maximum Gasteiger partial charge on any atom is 0.255 e. The maximum absolute atomic E-state index is 12.6. The van der Waals surface area contributed by atoms with Crippen LogP contribution in [-0.2, 0) is 4.79 Å². The van der Waals surface area contributed by atoms with Gasteiger partial charge in [-0.25, -0.2) is 0 Å². The van der Waals surface area contributed by atoms with E-state index in [1.165, 1.54) is 19.8 Å². The number of nitrogens with one attached hydrogen (secondary N) is 3. The summed E-state index contributed by atoms with van der Waals surface area (Å²) in [5.74, 6) is -0.576. The normalized spacial score (nSPS) is 14.5. The molecule has 0 aromatic heterocycles. The summed E-state index contributed by atoms with van der Waals surface area (Å²) in [7, 11) is 0. The Morgan fingerprint density at radius 2 is 1.31 bits per heavy atom. The first-order chi connectivity index (χ1) is 14.0. The van der Waals surface area contributed by atoms with Crippen molar-refractivity contribution < 1.29 is 14.4 Å². The minimum Gasteiger partial charge on any atom is -0.349 e. The van der Waals surface area contributed by atoms with Gasteiger partial charge < -0.3 is 16.0 Å². The standard InChI is InChI=1S/C23H27N3O3/c1-16(27)24-20-11-13-21(14-12-20)26-23(29)18-8-6-7-17(15-18)22(28)25-19-9-4-2-3-5-10-19/h6-8,11-15,19H,2-5,9-10H2,1H3,(H,24,27)(H,25,28)(H,26,29). The van der Waals surface area contributed by atoms with Gasteiger partial charge in [-0.1, -0.05) is 31.7 Å². The molecule has 6 heteroatoms. The molecule has 2 aromatic rings. The molecule has 3 rings (SSSR count). The van der Waals surface area contributed by atoms with E-state index in [1.54, 1.807) is 48.5 Å². The fraction of sp³-hybridized carbons (Fsp3) is 0.348. The summed E-state index contributed by atoms with van der Waals surface area (Å²) >= 11 is 0. The van der Waals surface area contributed by atoms with Crippen LogP contribution in [0.4, 0.5) is 11.4 Å². The molecular formula is C23H27N3O3. The number of anilines is 2. The summed E-state index contributed by atoms with van der Waals surface area (Å²) < 4.78 is 0. The Labute approximate surface area is 171 Å². The minimum absolute atomic E-state index is 0.133. The number of amides is 3. The van der Waals surface area contributed by atoms with Gasteiger partial charge in [0.2, 0.25) is 5.91 Å². The van der Waals surface area contributed by atoms with Gasteiger partial charge in [0.15, 0.2) is 0 Å². The Bertz CT molecular complexity index is 869. The van der Waals surface area contributed by atoms with Crippen molar-refractivity contribution in [1.82, 2.24) is 5.32 Å². The van der Waals surface area contributed by atoms with Crippen molar-refractivity contribution in [2.24, 2.45) is 0 Å². The molecule has 29 heavy (non-hydrogen) atoms. The lowest BCUT2D eigenvalue weighted by Gasteiger charge is -2.16. The van der Waals surface area contributed by atoms with Crippen molar-refractivity contribution in [3.63, 3.8) is 0 Å². The molecule has 1 aliphatic carbocycles. The lowest BCUT2D eigenvalue weighted by molar-refractivity contribution is -0.114. The van der Waals surface area contributed by atoms with Crippen LogP contribution in [0.3, 0.4) is 0 Å². The fourth-order valence-electron chi connectivity index (χ4n) is 3.54. The molecule has 0 radical (unpaired) electrons. The molecule has 0 spiro atoms. The maximum atomic E-state index is 12.6. The SMILES string of the molecule is CC(=O)Nc1ccc(NC(=O)c2cccc(C(=O)NC3CCCCCC3)c2)cc1. The number of carbonyl (C=O) groups excluding carboxylic acids is 3. The lowest BCUT2D eigenvalue weighted by atomic mass is 10.1. The van der Waals surface area contributed by atoms with Crippen molar-refractivity contribution in [1.29, 1.82) is 0 Å². The predicted octanol–water partition coefficient (Wildman–Crippen LogP) is 4.35. The van der Waals surface area contributed by atoms with Crippen molar-refractivity contribution in [3.05, 3.63) is 59.7 Å². The minimum atomic E-state index is -0.290. The van der Waals surface area contributed by atoms with E-state index in [1.807, 2.05) is 0 Å². The third-order valence-electron chi connectivity index (χ3n) is 5.04. The average molecular weight is 393 g/mol. The molecule has 2 aromatic carbocycles. The van der Waals surface area contributed by atoms with Crippen LogP contribution in [0.5, 0.6) is 0 Å². The zero-order valence-electron chi connectivity index (χ0n) is 16.7. The highest BCUT2D eigenvalue weighted by Gasteiger charge is 2.17. The first-order valence-electron chi connectivity index (χ1n) is 10.1.